The summed E-state index contributed by atoms with van der Waals surface area (Å²) in [5.41, 5.74) is 2.44. The van der Waals surface area contributed by atoms with E-state index in [0.717, 1.165) is 12.1 Å². The Kier molecular flexibility index (Phi) is 1.68. The van der Waals surface area contributed by atoms with Crippen LogP contribution in [0.4, 0.5) is 0 Å². The van der Waals surface area contributed by atoms with Crippen LogP contribution in [0.15, 0.2) is 36.4 Å². The second-order valence-electron chi connectivity index (χ2n) is 5.00. The lowest BCUT2D eigenvalue weighted by molar-refractivity contribution is 0.710. The first-order valence-electron chi connectivity index (χ1n) is 6.22. The minimum absolute atomic E-state index is 0.602. The van der Waals surface area contributed by atoms with Crippen molar-refractivity contribution in [3.05, 3.63) is 42.2 Å². The minimum atomic E-state index is 0.602. The number of rotatable bonds is 0. The molecule has 2 heterocycles. The number of hydrogen-bond donors (Lipinski definition) is 0. The average Bonchev–Trinajstić information content (AvgIpc) is 2.87. The van der Waals surface area contributed by atoms with Crippen molar-refractivity contribution in [2.75, 3.05) is 0 Å². The fourth-order valence-electron chi connectivity index (χ4n) is 2.89. The van der Waals surface area contributed by atoms with E-state index in [1.807, 2.05) is 0 Å². The summed E-state index contributed by atoms with van der Waals surface area (Å²) in [4.78, 5) is 4.79. The summed E-state index contributed by atoms with van der Waals surface area (Å²) < 4.78 is 2.38. The van der Waals surface area contributed by atoms with Gasteiger partial charge in [-0.15, -0.1) is 0 Å². The van der Waals surface area contributed by atoms with Crippen molar-refractivity contribution in [1.82, 2.24) is 9.55 Å². The van der Waals surface area contributed by atoms with Gasteiger partial charge in [-0.2, -0.15) is 0 Å². The molecule has 84 valence electrons. The van der Waals surface area contributed by atoms with Crippen LogP contribution in [-0.4, -0.2) is 9.55 Å². The average molecular weight is 222 g/mol. The second kappa shape index (κ2) is 3.10. The number of aromatic nitrogens is 2. The Morgan fingerprint density at radius 1 is 1.18 bits per heavy atom. The summed E-state index contributed by atoms with van der Waals surface area (Å²) in [6.07, 6.45) is 1.23. The molecule has 0 aliphatic carbocycles. The predicted molar refractivity (Wildman–Crippen MR) is 70.3 cm³/mol. The third kappa shape index (κ3) is 1.18. The Morgan fingerprint density at radius 3 is 2.76 bits per heavy atom. The highest BCUT2D eigenvalue weighted by Crippen LogP contribution is 2.32. The van der Waals surface area contributed by atoms with Crippen molar-refractivity contribution in [2.24, 2.45) is 0 Å². The Hall–Kier alpha value is -1.83. The van der Waals surface area contributed by atoms with Gasteiger partial charge in [-0.25, -0.2) is 4.98 Å². The maximum Gasteiger partial charge on any atom is 0.112 e. The lowest BCUT2D eigenvalue weighted by atomic mass is 10.1. The summed E-state index contributed by atoms with van der Waals surface area (Å²) in [7, 11) is 0. The van der Waals surface area contributed by atoms with Gasteiger partial charge in [0.2, 0.25) is 0 Å². The van der Waals surface area contributed by atoms with Gasteiger partial charge < -0.3 is 4.57 Å². The van der Waals surface area contributed by atoms with E-state index in [-0.39, 0.29) is 0 Å². The highest BCUT2D eigenvalue weighted by molar-refractivity contribution is 5.95. The molecule has 0 saturated heterocycles. The fourth-order valence-corrected chi connectivity index (χ4v) is 2.89. The van der Waals surface area contributed by atoms with Crippen molar-refractivity contribution in [1.29, 1.82) is 0 Å². The van der Waals surface area contributed by atoms with Crippen LogP contribution < -0.4 is 0 Å². The van der Waals surface area contributed by atoms with Gasteiger partial charge in [0, 0.05) is 12.5 Å². The van der Waals surface area contributed by atoms with E-state index >= 15 is 0 Å². The molecular formula is C15H14N2. The van der Waals surface area contributed by atoms with Crippen LogP contribution in [0.5, 0.6) is 0 Å². The second-order valence-corrected chi connectivity index (χ2v) is 5.00. The number of fused-ring (bicyclic) bond motifs is 4. The molecular weight excluding hydrogens is 208 g/mol. The molecule has 0 fully saturated rings. The Labute approximate surface area is 99.9 Å². The molecule has 2 nitrogen and oxygen atoms in total. The van der Waals surface area contributed by atoms with Crippen molar-refractivity contribution < 1.29 is 0 Å². The first-order valence-corrected chi connectivity index (χ1v) is 6.22. The number of nitrogens with zero attached hydrogens (tertiary/aromatic N) is 2. The van der Waals surface area contributed by atoms with Crippen molar-refractivity contribution in [3.8, 4) is 0 Å². The predicted octanol–water partition coefficient (Wildman–Crippen LogP) is 3.70. The standard InChI is InChI=1S/C15H14N2/c1-10-6-7-17-14-9-12-5-3-2-4-11(12)8-13(14)16-15(10)17/h2-5,8-10H,6-7H2,1H3/t10-/m1/s1. The summed E-state index contributed by atoms with van der Waals surface area (Å²) in [6, 6.07) is 13.0. The monoisotopic (exact) mass is 222 g/mol. The number of benzene rings is 2. The van der Waals surface area contributed by atoms with Gasteiger partial charge in [0.25, 0.3) is 0 Å². The SMILES string of the molecule is C[C@@H]1CCn2c1nc1cc3ccccc3cc12. The molecule has 0 spiro atoms. The fraction of sp³-hybridized carbons (Fsp3) is 0.267. The highest BCUT2D eigenvalue weighted by Gasteiger charge is 2.22. The molecule has 1 aliphatic heterocycles. The molecule has 2 aromatic carbocycles. The number of hydrogen-bond acceptors (Lipinski definition) is 1. The molecule has 1 aliphatic rings. The largest absolute Gasteiger partial charge is 0.328 e. The van der Waals surface area contributed by atoms with Gasteiger partial charge in [-0.1, -0.05) is 31.2 Å². The Bertz CT molecular complexity index is 724. The van der Waals surface area contributed by atoms with E-state index < -0.39 is 0 Å². The zero-order valence-corrected chi connectivity index (χ0v) is 9.85. The van der Waals surface area contributed by atoms with E-state index in [1.54, 1.807) is 0 Å². The molecule has 0 amide bonds. The summed E-state index contributed by atoms with van der Waals surface area (Å²) in [5, 5.41) is 2.59. The van der Waals surface area contributed by atoms with Crippen LogP contribution in [0.1, 0.15) is 25.1 Å². The lowest BCUT2D eigenvalue weighted by Crippen LogP contribution is -1.91. The molecule has 4 rings (SSSR count). The Balaban J connectivity index is 2.13. The molecule has 0 saturated carbocycles. The molecule has 0 bridgehead atoms. The minimum Gasteiger partial charge on any atom is -0.328 e. The van der Waals surface area contributed by atoms with E-state index in [9.17, 15) is 0 Å². The van der Waals surface area contributed by atoms with Crippen LogP contribution in [-0.2, 0) is 6.54 Å². The molecule has 0 unspecified atom stereocenters. The van der Waals surface area contributed by atoms with Crippen molar-refractivity contribution in [3.63, 3.8) is 0 Å². The summed E-state index contributed by atoms with van der Waals surface area (Å²) >= 11 is 0. The van der Waals surface area contributed by atoms with Crippen LogP contribution in [0.3, 0.4) is 0 Å². The molecule has 2 heteroatoms. The molecule has 17 heavy (non-hydrogen) atoms. The van der Waals surface area contributed by atoms with E-state index in [2.05, 4.69) is 47.9 Å². The van der Waals surface area contributed by atoms with Crippen LogP contribution in [0.25, 0.3) is 21.8 Å². The molecule has 3 aromatic rings. The van der Waals surface area contributed by atoms with Gasteiger partial charge in [0.05, 0.1) is 11.0 Å². The molecule has 1 aromatic heterocycles. The maximum absolute atomic E-state index is 4.79. The first-order chi connectivity index (χ1) is 8.33. The van der Waals surface area contributed by atoms with Crippen molar-refractivity contribution >= 4 is 21.8 Å². The number of aryl methyl sites for hydroxylation is 1. The third-order valence-electron chi connectivity index (χ3n) is 3.87. The quantitative estimate of drug-likeness (QED) is 0.567. The maximum atomic E-state index is 4.79. The Morgan fingerprint density at radius 2 is 1.94 bits per heavy atom. The topological polar surface area (TPSA) is 17.8 Å². The van der Waals surface area contributed by atoms with Crippen LogP contribution in [0, 0.1) is 0 Å². The highest BCUT2D eigenvalue weighted by atomic mass is 15.1. The van der Waals surface area contributed by atoms with E-state index in [1.165, 1.54) is 28.5 Å². The summed E-state index contributed by atoms with van der Waals surface area (Å²) in [5.74, 6) is 1.86. The molecule has 1 atom stereocenters. The lowest BCUT2D eigenvalue weighted by Gasteiger charge is -2.00. The van der Waals surface area contributed by atoms with Gasteiger partial charge in [-0.05, 0) is 29.3 Å². The summed E-state index contributed by atoms with van der Waals surface area (Å²) in [6.45, 7) is 3.38. The van der Waals surface area contributed by atoms with E-state index in [0.29, 0.717) is 5.92 Å². The van der Waals surface area contributed by atoms with Crippen molar-refractivity contribution in [2.45, 2.75) is 25.8 Å². The zero-order valence-electron chi connectivity index (χ0n) is 9.85. The van der Waals surface area contributed by atoms with Gasteiger partial charge in [0.1, 0.15) is 5.82 Å². The van der Waals surface area contributed by atoms with E-state index in [4.69, 9.17) is 4.98 Å². The smallest absolute Gasteiger partial charge is 0.112 e. The third-order valence-corrected chi connectivity index (χ3v) is 3.87. The first kappa shape index (κ1) is 9.23. The van der Waals surface area contributed by atoms with Crippen LogP contribution in [0.2, 0.25) is 0 Å². The van der Waals surface area contributed by atoms with Gasteiger partial charge in [-0.3, -0.25) is 0 Å². The molecule has 0 radical (unpaired) electrons. The van der Waals surface area contributed by atoms with Crippen LogP contribution >= 0.6 is 0 Å². The molecule has 0 N–H and O–H groups in total. The zero-order chi connectivity index (χ0) is 11.4. The van der Waals surface area contributed by atoms with Gasteiger partial charge >= 0.3 is 0 Å². The van der Waals surface area contributed by atoms with Gasteiger partial charge in [0.15, 0.2) is 0 Å². The number of imidazole rings is 1. The normalized spacial score (nSPS) is 19.0.